The van der Waals surface area contributed by atoms with Gasteiger partial charge in [-0.2, -0.15) is 0 Å². The number of ether oxygens (including phenoxy) is 3. The minimum Gasteiger partial charge on any atom is -0.497 e. The van der Waals surface area contributed by atoms with Crippen LogP contribution < -0.4 is 20.9 Å². The van der Waals surface area contributed by atoms with Crippen molar-refractivity contribution in [2.24, 2.45) is 0 Å². The van der Waals surface area contributed by atoms with E-state index in [0.29, 0.717) is 17.2 Å². The smallest absolute Gasteiger partial charge is 0.337 e. The third-order valence-electron chi connectivity index (χ3n) is 3.98. The fraction of sp³-hybridized carbons (Fsp3) is 0.350. The molecule has 1 heterocycles. The molecule has 0 bridgehead atoms. The Labute approximate surface area is 171 Å². The summed E-state index contributed by atoms with van der Waals surface area (Å²) in [5.41, 5.74) is 12.6. The van der Waals surface area contributed by atoms with E-state index in [1.807, 2.05) is 0 Å². The van der Waals surface area contributed by atoms with Crippen LogP contribution in [0.1, 0.15) is 28.8 Å². The molecular formula is C20H27BN2O6. The molecule has 0 amide bonds. The molecular weight excluding hydrogens is 375 g/mol. The van der Waals surface area contributed by atoms with E-state index in [1.165, 1.54) is 19.2 Å². The van der Waals surface area contributed by atoms with Crippen LogP contribution in [0.5, 0.6) is 11.5 Å². The number of hydrogen-bond donors (Lipinski definition) is 4. The van der Waals surface area contributed by atoms with Gasteiger partial charge in [0.25, 0.3) is 0 Å². The maximum atomic E-state index is 10.5. The van der Waals surface area contributed by atoms with Gasteiger partial charge in [-0.15, -0.1) is 0 Å². The monoisotopic (exact) mass is 402 g/mol. The highest BCUT2D eigenvalue weighted by Crippen LogP contribution is 2.19. The maximum absolute atomic E-state index is 10.5. The van der Waals surface area contributed by atoms with E-state index in [0.717, 1.165) is 25.0 Å². The fourth-order valence-corrected chi connectivity index (χ4v) is 2.31. The lowest BCUT2D eigenvalue weighted by Gasteiger charge is -2.04. The van der Waals surface area contributed by atoms with Gasteiger partial charge in [0.1, 0.15) is 19.3 Å². The number of nitrogens with two attached hydrogens (primary N) is 2. The van der Waals surface area contributed by atoms with Crippen molar-refractivity contribution in [3.8, 4) is 11.5 Å². The van der Waals surface area contributed by atoms with Crippen molar-refractivity contribution in [1.82, 2.24) is 0 Å². The van der Waals surface area contributed by atoms with Crippen molar-refractivity contribution >= 4 is 25.2 Å². The summed E-state index contributed by atoms with van der Waals surface area (Å²) in [6.45, 7) is 0.830. The van der Waals surface area contributed by atoms with Crippen LogP contribution in [0.4, 0.5) is 11.4 Å². The van der Waals surface area contributed by atoms with Gasteiger partial charge in [0.05, 0.1) is 26.4 Å². The summed E-state index contributed by atoms with van der Waals surface area (Å²) in [6.07, 6.45) is 2.18. The molecule has 29 heavy (non-hydrogen) atoms. The summed E-state index contributed by atoms with van der Waals surface area (Å²) in [6, 6.07) is 9.69. The number of carboxylic acids is 1. The van der Waals surface area contributed by atoms with E-state index in [2.05, 4.69) is 0 Å². The Hall–Kier alpha value is -2.91. The normalized spacial score (nSPS) is 14.7. The molecule has 2 aromatic carbocycles. The average Bonchev–Trinajstić information content (AvgIpc) is 3.19. The molecule has 1 unspecified atom stereocenters. The molecule has 1 aliphatic heterocycles. The molecule has 9 heteroatoms. The number of methoxy groups -OCH3 is 2. The van der Waals surface area contributed by atoms with Crippen LogP contribution in [0, 0.1) is 0 Å². The first-order valence-electron chi connectivity index (χ1n) is 8.89. The Morgan fingerprint density at radius 2 is 1.72 bits per heavy atom. The van der Waals surface area contributed by atoms with Gasteiger partial charge in [-0.05, 0) is 31.0 Å². The number of nitrogen functional groups attached to an aromatic ring is 2. The van der Waals surface area contributed by atoms with Gasteiger partial charge in [-0.3, -0.25) is 0 Å². The number of aliphatic hydroxyl groups is 1. The first kappa shape index (κ1) is 24.1. The van der Waals surface area contributed by atoms with Crippen LogP contribution >= 0.6 is 0 Å². The van der Waals surface area contributed by atoms with Crippen molar-refractivity contribution in [1.29, 1.82) is 0 Å². The number of aliphatic hydroxyl groups excluding tert-OH is 1. The molecule has 2 aromatic rings. The van der Waals surface area contributed by atoms with E-state index < -0.39 is 5.97 Å². The minimum absolute atomic E-state index is 0.0319. The van der Waals surface area contributed by atoms with Crippen LogP contribution in [0.2, 0.25) is 0 Å². The Morgan fingerprint density at radius 3 is 2.07 bits per heavy atom. The third-order valence-corrected chi connectivity index (χ3v) is 3.98. The molecule has 156 valence electrons. The molecule has 1 fully saturated rings. The molecule has 2 radical (unpaired) electrons. The van der Waals surface area contributed by atoms with E-state index in [-0.39, 0.29) is 23.9 Å². The number of rotatable bonds is 4. The summed E-state index contributed by atoms with van der Waals surface area (Å²) in [7, 11) is 8.38. The first-order chi connectivity index (χ1) is 13.8. The molecule has 0 spiro atoms. The quantitative estimate of drug-likeness (QED) is 0.450. The van der Waals surface area contributed by atoms with Gasteiger partial charge in [-0.1, -0.05) is 6.07 Å². The molecule has 0 saturated carbocycles. The van der Waals surface area contributed by atoms with Crippen molar-refractivity contribution < 1.29 is 29.2 Å². The molecule has 1 aliphatic rings. The molecule has 8 nitrogen and oxygen atoms in total. The Bertz CT molecular complexity index is 782. The second kappa shape index (κ2) is 12.5. The second-order valence-electron chi connectivity index (χ2n) is 6.03. The lowest BCUT2D eigenvalue weighted by Crippen LogP contribution is -2.02. The van der Waals surface area contributed by atoms with Gasteiger partial charge in [0.15, 0.2) is 0 Å². The average molecular weight is 402 g/mol. The van der Waals surface area contributed by atoms with Crippen LogP contribution in [0.15, 0.2) is 36.4 Å². The zero-order valence-electron chi connectivity index (χ0n) is 16.6. The predicted octanol–water partition coefficient (Wildman–Crippen LogP) is 2.04. The van der Waals surface area contributed by atoms with Crippen LogP contribution in [0.25, 0.3) is 0 Å². The zero-order chi connectivity index (χ0) is 21.8. The van der Waals surface area contributed by atoms with Crippen molar-refractivity contribution in [3.05, 3.63) is 47.5 Å². The molecule has 1 atom stereocenters. The predicted molar refractivity (Wildman–Crippen MR) is 112 cm³/mol. The van der Waals surface area contributed by atoms with Crippen LogP contribution in [0.3, 0.4) is 0 Å². The van der Waals surface area contributed by atoms with Gasteiger partial charge in [0, 0.05) is 41.7 Å². The van der Waals surface area contributed by atoms with Crippen molar-refractivity contribution in [3.63, 3.8) is 0 Å². The lowest BCUT2D eigenvalue weighted by molar-refractivity contribution is 0.0698. The Kier molecular flexibility index (Phi) is 10.4. The standard InChI is InChI=1S/C8H9NO3.C8H11NO2.C4H7BO/c1-12-5-2-3-6(8(10)11)7(9)4-5;1-11-7-3-2-6(5-10)8(9)4-7;5-4-2-1-3-6-4/h2-4H,9H2,1H3,(H,10,11);2-4,10H,5,9H2,1H3;4H,1-3H2. The highest BCUT2D eigenvalue weighted by molar-refractivity contribution is 6.11. The Morgan fingerprint density at radius 1 is 1.14 bits per heavy atom. The van der Waals surface area contributed by atoms with E-state index in [9.17, 15) is 4.79 Å². The SMILES string of the molecule is COc1ccc(C(=O)O)c(N)c1.COc1ccc(CO)c(N)c1.[B]C1CCCO1. The van der Waals surface area contributed by atoms with Crippen molar-refractivity contribution in [2.75, 3.05) is 32.3 Å². The van der Waals surface area contributed by atoms with Crippen LogP contribution in [-0.4, -0.2) is 50.9 Å². The van der Waals surface area contributed by atoms with E-state index in [4.69, 9.17) is 43.7 Å². The number of hydrogen-bond acceptors (Lipinski definition) is 7. The Balaban J connectivity index is 0.000000229. The molecule has 0 aromatic heterocycles. The third kappa shape index (κ3) is 8.33. The van der Waals surface area contributed by atoms with Gasteiger partial charge in [-0.25, -0.2) is 4.79 Å². The lowest BCUT2D eigenvalue weighted by atomic mass is 9.98. The zero-order valence-corrected chi connectivity index (χ0v) is 16.6. The molecule has 1 saturated heterocycles. The van der Waals surface area contributed by atoms with Crippen molar-refractivity contribution in [2.45, 2.75) is 25.5 Å². The number of carboxylic acid groups (broad SMARTS) is 1. The summed E-state index contributed by atoms with van der Waals surface area (Å²) in [4.78, 5) is 10.5. The summed E-state index contributed by atoms with van der Waals surface area (Å²) in [5, 5.41) is 17.4. The van der Waals surface area contributed by atoms with E-state index >= 15 is 0 Å². The highest BCUT2D eigenvalue weighted by atomic mass is 16.5. The molecule has 6 N–H and O–H groups in total. The van der Waals surface area contributed by atoms with E-state index in [1.54, 1.807) is 31.4 Å². The molecule has 0 aliphatic carbocycles. The number of carbonyl (C=O) groups is 1. The number of aromatic carboxylic acids is 1. The number of anilines is 2. The fourth-order valence-electron chi connectivity index (χ4n) is 2.31. The highest BCUT2D eigenvalue weighted by Gasteiger charge is 2.07. The second-order valence-corrected chi connectivity index (χ2v) is 6.03. The minimum atomic E-state index is -1.03. The largest absolute Gasteiger partial charge is 0.497 e. The first-order valence-corrected chi connectivity index (χ1v) is 8.89. The number of benzene rings is 2. The van der Waals surface area contributed by atoms with Gasteiger partial charge >= 0.3 is 5.97 Å². The summed E-state index contributed by atoms with van der Waals surface area (Å²) >= 11 is 0. The summed E-state index contributed by atoms with van der Waals surface area (Å²) < 4.78 is 14.7. The molecule has 3 rings (SSSR count). The topological polar surface area (TPSA) is 137 Å². The van der Waals surface area contributed by atoms with Crippen LogP contribution in [-0.2, 0) is 11.3 Å². The maximum Gasteiger partial charge on any atom is 0.337 e. The summed E-state index contributed by atoms with van der Waals surface area (Å²) in [5.74, 6) is 0.229. The van der Waals surface area contributed by atoms with Gasteiger partial charge in [0.2, 0.25) is 0 Å². The van der Waals surface area contributed by atoms with Gasteiger partial charge < -0.3 is 35.9 Å².